The maximum atomic E-state index is 13.9. The molecule has 1 aromatic carbocycles. The van der Waals surface area contributed by atoms with Crippen LogP contribution in [-0.4, -0.2) is 57.1 Å². The van der Waals surface area contributed by atoms with Gasteiger partial charge in [-0.2, -0.15) is 13.2 Å². The van der Waals surface area contributed by atoms with Crippen molar-refractivity contribution in [2.45, 2.75) is 12.7 Å². The molecule has 0 spiro atoms. The average molecular weight is 432 g/mol. The fraction of sp³-hybridized carbons (Fsp3) is 0.333. The lowest BCUT2D eigenvalue weighted by molar-refractivity contribution is -0.139. The second-order valence-electron chi connectivity index (χ2n) is 7.58. The Labute approximate surface area is 174 Å². The van der Waals surface area contributed by atoms with Crippen LogP contribution in [0.3, 0.4) is 0 Å². The van der Waals surface area contributed by atoms with Crippen molar-refractivity contribution in [1.82, 2.24) is 29.7 Å². The predicted molar refractivity (Wildman–Crippen MR) is 109 cm³/mol. The van der Waals surface area contributed by atoms with Crippen LogP contribution in [0.2, 0.25) is 0 Å². The molecule has 2 N–H and O–H groups in total. The highest BCUT2D eigenvalue weighted by molar-refractivity contribution is 6.04. The summed E-state index contributed by atoms with van der Waals surface area (Å²) < 4.78 is 57.2. The Morgan fingerprint density at radius 1 is 1.03 bits per heavy atom. The SMILES string of the molecule is Fc1ccc2c(c1)nc(C(F)(F)F)c1nc(-c3ccc[nH]3)n(CCN3CCNCC3)c12. The lowest BCUT2D eigenvalue weighted by Gasteiger charge is -2.27. The van der Waals surface area contributed by atoms with Crippen molar-refractivity contribution in [3.8, 4) is 11.5 Å². The highest BCUT2D eigenvalue weighted by Gasteiger charge is 2.37. The van der Waals surface area contributed by atoms with Gasteiger partial charge in [-0.25, -0.2) is 14.4 Å². The van der Waals surface area contributed by atoms with Gasteiger partial charge in [0, 0.05) is 56.9 Å². The summed E-state index contributed by atoms with van der Waals surface area (Å²) in [6.07, 6.45) is -3.02. The van der Waals surface area contributed by atoms with E-state index in [1.165, 1.54) is 12.1 Å². The summed E-state index contributed by atoms with van der Waals surface area (Å²) in [5.74, 6) is -0.233. The maximum Gasteiger partial charge on any atom is 0.435 e. The molecule has 0 saturated carbocycles. The molecule has 0 aliphatic carbocycles. The predicted octanol–water partition coefficient (Wildman–Crippen LogP) is 3.64. The summed E-state index contributed by atoms with van der Waals surface area (Å²) >= 11 is 0. The van der Waals surface area contributed by atoms with Gasteiger partial charge in [-0.05, 0) is 24.3 Å². The molecule has 1 aliphatic heterocycles. The van der Waals surface area contributed by atoms with Crippen LogP contribution in [0.25, 0.3) is 33.5 Å². The summed E-state index contributed by atoms with van der Waals surface area (Å²) in [4.78, 5) is 13.4. The Morgan fingerprint density at radius 2 is 1.84 bits per heavy atom. The van der Waals surface area contributed by atoms with Gasteiger partial charge in [-0.15, -0.1) is 0 Å². The number of aromatic amines is 1. The molecule has 1 fully saturated rings. The first-order chi connectivity index (χ1) is 14.9. The van der Waals surface area contributed by atoms with Crippen molar-refractivity contribution < 1.29 is 17.6 Å². The zero-order chi connectivity index (χ0) is 21.6. The summed E-state index contributed by atoms with van der Waals surface area (Å²) in [6, 6.07) is 7.28. The third kappa shape index (κ3) is 3.66. The van der Waals surface area contributed by atoms with Gasteiger partial charge in [0.25, 0.3) is 0 Å². The van der Waals surface area contributed by atoms with E-state index in [-0.39, 0.29) is 11.0 Å². The Hall–Kier alpha value is -2.98. The zero-order valence-corrected chi connectivity index (χ0v) is 16.5. The number of halogens is 4. The van der Waals surface area contributed by atoms with Crippen molar-refractivity contribution >= 4 is 21.9 Å². The van der Waals surface area contributed by atoms with Gasteiger partial charge in [0.2, 0.25) is 0 Å². The molecule has 31 heavy (non-hydrogen) atoms. The second-order valence-corrected chi connectivity index (χ2v) is 7.58. The van der Waals surface area contributed by atoms with Gasteiger partial charge < -0.3 is 14.9 Å². The smallest absolute Gasteiger partial charge is 0.359 e. The molecule has 4 heterocycles. The molecule has 0 unspecified atom stereocenters. The number of nitrogens with one attached hydrogen (secondary N) is 2. The van der Waals surface area contributed by atoms with Crippen LogP contribution in [-0.2, 0) is 12.7 Å². The maximum absolute atomic E-state index is 13.9. The molecule has 4 aromatic rings. The van der Waals surface area contributed by atoms with Crippen LogP contribution in [0, 0.1) is 5.82 Å². The molecule has 6 nitrogen and oxygen atoms in total. The van der Waals surface area contributed by atoms with E-state index >= 15 is 0 Å². The summed E-state index contributed by atoms with van der Waals surface area (Å²) in [6.45, 7) is 4.58. The minimum atomic E-state index is -4.72. The Morgan fingerprint density at radius 3 is 2.55 bits per heavy atom. The minimum absolute atomic E-state index is 0.0406. The number of aromatic nitrogens is 4. The van der Waals surface area contributed by atoms with Crippen LogP contribution in [0.15, 0.2) is 36.5 Å². The standard InChI is InChI=1S/C21H20F4N6/c22-13-3-4-14-16(12-13)28-19(21(23,24)25)17-18(14)31(11-10-30-8-6-26-7-9-30)20(29-17)15-2-1-5-27-15/h1-5,12,26-27H,6-11H2. The molecule has 1 saturated heterocycles. The number of fused-ring (bicyclic) bond motifs is 3. The second kappa shape index (κ2) is 7.61. The van der Waals surface area contributed by atoms with Crippen LogP contribution < -0.4 is 5.32 Å². The molecule has 0 amide bonds. The van der Waals surface area contributed by atoms with E-state index in [1.54, 1.807) is 22.9 Å². The lowest BCUT2D eigenvalue weighted by atomic mass is 10.1. The molecule has 0 bridgehead atoms. The van der Waals surface area contributed by atoms with E-state index in [2.05, 4.69) is 25.2 Å². The van der Waals surface area contributed by atoms with E-state index in [4.69, 9.17) is 0 Å². The summed E-state index contributed by atoms with van der Waals surface area (Å²) in [5, 5.41) is 3.73. The van der Waals surface area contributed by atoms with E-state index in [0.717, 1.165) is 32.2 Å². The average Bonchev–Trinajstić information content (AvgIpc) is 3.39. The van der Waals surface area contributed by atoms with E-state index < -0.39 is 17.7 Å². The van der Waals surface area contributed by atoms with Gasteiger partial charge in [-0.1, -0.05) is 0 Å². The Balaban J connectivity index is 1.75. The van der Waals surface area contributed by atoms with Gasteiger partial charge >= 0.3 is 6.18 Å². The molecule has 1 aliphatic rings. The lowest BCUT2D eigenvalue weighted by Crippen LogP contribution is -2.44. The van der Waals surface area contributed by atoms with E-state index in [9.17, 15) is 17.6 Å². The van der Waals surface area contributed by atoms with Crippen LogP contribution >= 0.6 is 0 Å². The molecule has 0 atom stereocenters. The number of benzene rings is 1. The molecule has 10 heteroatoms. The number of pyridine rings is 1. The molecule has 162 valence electrons. The van der Waals surface area contributed by atoms with Crippen molar-refractivity contribution in [3.63, 3.8) is 0 Å². The Bertz CT molecular complexity index is 1220. The molecular weight excluding hydrogens is 412 g/mol. The number of rotatable bonds is 4. The first kappa shape index (κ1) is 20.0. The van der Waals surface area contributed by atoms with Gasteiger partial charge in [0.15, 0.2) is 11.5 Å². The first-order valence-corrected chi connectivity index (χ1v) is 10.1. The number of H-pyrrole nitrogens is 1. The van der Waals surface area contributed by atoms with Crippen LogP contribution in [0.1, 0.15) is 5.69 Å². The van der Waals surface area contributed by atoms with Gasteiger partial charge in [0.05, 0.1) is 16.7 Å². The van der Waals surface area contributed by atoms with Gasteiger partial charge in [0.1, 0.15) is 11.3 Å². The van der Waals surface area contributed by atoms with E-state index in [0.29, 0.717) is 35.5 Å². The number of hydrogen-bond acceptors (Lipinski definition) is 4. The normalized spacial score (nSPS) is 15.9. The molecule has 0 radical (unpaired) electrons. The van der Waals surface area contributed by atoms with Crippen molar-refractivity contribution in [1.29, 1.82) is 0 Å². The number of piperazine rings is 1. The third-order valence-corrected chi connectivity index (χ3v) is 5.60. The van der Waals surface area contributed by atoms with Crippen molar-refractivity contribution in [3.05, 3.63) is 48.0 Å². The fourth-order valence-electron chi connectivity index (χ4n) is 4.13. The van der Waals surface area contributed by atoms with Crippen molar-refractivity contribution in [2.24, 2.45) is 0 Å². The van der Waals surface area contributed by atoms with E-state index in [1.807, 2.05) is 0 Å². The number of imidazole rings is 1. The van der Waals surface area contributed by atoms with Crippen LogP contribution in [0.5, 0.6) is 0 Å². The largest absolute Gasteiger partial charge is 0.435 e. The van der Waals surface area contributed by atoms with Crippen LogP contribution in [0.4, 0.5) is 17.6 Å². The monoisotopic (exact) mass is 432 g/mol. The topological polar surface area (TPSA) is 61.8 Å². The highest BCUT2D eigenvalue weighted by atomic mass is 19.4. The third-order valence-electron chi connectivity index (χ3n) is 5.60. The molecular formula is C21H20F4N6. The molecule has 3 aromatic heterocycles. The summed E-state index contributed by atoms with van der Waals surface area (Å²) in [7, 11) is 0. The Kier molecular flexibility index (Phi) is 4.90. The fourth-order valence-corrected chi connectivity index (χ4v) is 4.13. The first-order valence-electron chi connectivity index (χ1n) is 10.1. The highest BCUT2D eigenvalue weighted by Crippen LogP contribution is 2.38. The number of hydrogen-bond donors (Lipinski definition) is 2. The quantitative estimate of drug-likeness (QED) is 0.484. The number of nitrogens with zero attached hydrogens (tertiary/aromatic N) is 4. The van der Waals surface area contributed by atoms with Crippen molar-refractivity contribution in [2.75, 3.05) is 32.7 Å². The zero-order valence-electron chi connectivity index (χ0n) is 16.5. The number of alkyl halides is 3. The minimum Gasteiger partial charge on any atom is -0.359 e. The molecule has 5 rings (SSSR count). The summed E-state index contributed by atoms with van der Waals surface area (Å²) in [5.41, 5.74) is -0.441. The van der Waals surface area contributed by atoms with Gasteiger partial charge in [-0.3, -0.25) is 4.90 Å².